The van der Waals surface area contributed by atoms with Gasteiger partial charge in [0.15, 0.2) is 0 Å². The highest BCUT2D eigenvalue weighted by molar-refractivity contribution is 5.66. The maximum Gasteiger partial charge on any atom is 0.305 e. The van der Waals surface area contributed by atoms with Crippen molar-refractivity contribution in [2.24, 2.45) is 0 Å². The van der Waals surface area contributed by atoms with Crippen LogP contribution in [-0.4, -0.2) is 37.5 Å². The summed E-state index contributed by atoms with van der Waals surface area (Å²) in [5.41, 5.74) is 0. The lowest BCUT2D eigenvalue weighted by Gasteiger charge is -2.02. The number of hydrogen-bond donors (Lipinski definition) is 1. The standard InChI is InChI=1S/C9H18O4/c1-2-12-6-3-4-7-13-8-5-9(10)11/h2-8H2,1H3,(H,10,11). The van der Waals surface area contributed by atoms with E-state index in [4.69, 9.17) is 14.6 Å². The van der Waals surface area contributed by atoms with Crippen LogP contribution in [0.3, 0.4) is 0 Å². The van der Waals surface area contributed by atoms with Crippen LogP contribution in [0.4, 0.5) is 0 Å². The molecule has 0 aliphatic rings. The highest BCUT2D eigenvalue weighted by Crippen LogP contribution is 1.92. The molecule has 1 N–H and O–H groups in total. The van der Waals surface area contributed by atoms with Gasteiger partial charge in [-0.15, -0.1) is 0 Å². The van der Waals surface area contributed by atoms with E-state index in [9.17, 15) is 4.79 Å². The van der Waals surface area contributed by atoms with Crippen LogP contribution in [0, 0.1) is 0 Å². The summed E-state index contributed by atoms with van der Waals surface area (Å²) in [6.45, 7) is 4.41. The normalized spacial score (nSPS) is 10.2. The number of carboxylic acids is 1. The predicted molar refractivity (Wildman–Crippen MR) is 48.8 cm³/mol. The molecule has 0 aromatic carbocycles. The van der Waals surface area contributed by atoms with Crippen LogP contribution in [0.1, 0.15) is 26.2 Å². The lowest BCUT2D eigenvalue weighted by atomic mass is 10.3. The Kier molecular flexibility index (Phi) is 9.03. The Balaban J connectivity index is 2.87. The van der Waals surface area contributed by atoms with E-state index in [2.05, 4.69) is 0 Å². The molecule has 0 rings (SSSR count). The van der Waals surface area contributed by atoms with E-state index in [0.29, 0.717) is 13.2 Å². The first kappa shape index (κ1) is 12.4. The van der Waals surface area contributed by atoms with Crippen LogP contribution in [0.2, 0.25) is 0 Å². The Morgan fingerprint density at radius 3 is 2.31 bits per heavy atom. The van der Waals surface area contributed by atoms with E-state index < -0.39 is 5.97 Å². The highest BCUT2D eigenvalue weighted by atomic mass is 16.5. The minimum absolute atomic E-state index is 0.0887. The Morgan fingerprint density at radius 1 is 1.15 bits per heavy atom. The van der Waals surface area contributed by atoms with Crippen molar-refractivity contribution in [1.29, 1.82) is 0 Å². The van der Waals surface area contributed by atoms with Gasteiger partial charge in [-0.25, -0.2) is 0 Å². The van der Waals surface area contributed by atoms with Crippen molar-refractivity contribution in [1.82, 2.24) is 0 Å². The van der Waals surface area contributed by atoms with Gasteiger partial charge in [-0.2, -0.15) is 0 Å². The fourth-order valence-electron chi connectivity index (χ4n) is 0.814. The number of carbonyl (C=O) groups is 1. The second-order valence-corrected chi connectivity index (χ2v) is 2.66. The molecule has 0 fully saturated rings. The molecule has 13 heavy (non-hydrogen) atoms. The summed E-state index contributed by atoms with van der Waals surface area (Å²) >= 11 is 0. The van der Waals surface area contributed by atoms with Crippen LogP contribution >= 0.6 is 0 Å². The Morgan fingerprint density at radius 2 is 1.77 bits per heavy atom. The summed E-state index contributed by atoms with van der Waals surface area (Å²) in [5.74, 6) is -0.811. The molecule has 0 aliphatic heterocycles. The zero-order valence-electron chi connectivity index (χ0n) is 8.12. The second-order valence-electron chi connectivity index (χ2n) is 2.66. The molecule has 0 unspecified atom stereocenters. The largest absolute Gasteiger partial charge is 0.481 e. The number of aliphatic carboxylic acids is 1. The van der Waals surface area contributed by atoms with Gasteiger partial charge in [-0.1, -0.05) is 0 Å². The SMILES string of the molecule is CCOCCCCOCCC(=O)O. The minimum Gasteiger partial charge on any atom is -0.481 e. The molecule has 4 heteroatoms. The summed E-state index contributed by atoms with van der Waals surface area (Å²) in [4.78, 5) is 10.1. The quantitative estimate of drug-likeness (QED) is 0.557. The van der Waals surface area contributed by atoms with Crippen LogP contribution in [0.25, 0.3) is 0 Å². The third-order valence-electron chi connectivity index (χ3n) is 1.49. The van der Waals surface area contributed by atoms with Gasteiger partial charge in [-0.05, 0) is 19.8 Å². The molecular formula is C9H18O4. The summed E-state index contributed by atoms with van der Waals surface area (Å²) in [6, 6.07) is 0. The van der Waals surface area contributed by atoms with E-state index >= 15 is 0 Å². The van der Waals surface area contributed by atoms with Crippen LogP contribution in [0.5, 0.6) is 0 Å². The van der Waals surface area contributed by atoms with Gasteiger partial charge in [0.05, 0.1) is 13.0 Å². The average molecular weight is 190 g/mol. The highest BCUT2D eigenvalue weighted by Gasteiger charge is 1.95. The molecule has 0 aliphatic carbocycles. The first-order valence-electron chi connectivity index (χ1n) is 4.64. The van der Waals surface area contributed by atoms with E-state index in [1.807, 2.05) is 6.92 Å². The fraction of sp³-hybridized carbons (Fsp3) is 0.889. The zero-order chi connectivity index (χ0) is 9.94. The smallest absolute Gasteiger partial charge is 0.305 e. The zero-order valence-corrected chi connectivity index (χ0v) is 8.12. The molecule has 4 nitrogen and oxygen atoms in total. The average Bonchev–Trinajstić information content (AvgIpc) is 2.09. The molecular weight excluding hydrogens is 172 g/mol. The summed E-state index contributed by atoms with van der Waals surface area (Å²) in [6.07, 6.45) is 1.99. The molecule has 0 spiro atoms. The molecule has 0 aromatic heterocycles. The molecule has 0 atom stereocenters. The second kappa shape index (κ2) is 9.48. The van der Waals surface area contributed by atoms with Gasteiger partial charge < -0.3 is 14.6 Å². The van der Waals surface area contributed by atoms with Crippen molar-refractivity contribution >= 4 is 5.97 Å². The van der Waals surface area contributed by atoms with E-state index in [-0.39, 0.29) is 6.42 Å². The number of rotatable bonds is 9. The van der Waals surface area contributed by atoms with Gasteiger partial charge in [0.2, 0.25) is 0 Å². The van der Waals surface area contributed by atoms with Crippen LogP contribution in [0.15, 0.2) is 0 Å². The summed E-state index contributed by atoms with van der Waals surface area (Å²) in [5, 5.41) is 8.29. The molecule has 0 aromatic rings. The number of unbranched alkanes of at least 4 members (excludes halogenated alkanes) is 1. The molecule has 0 bridgehead atoms. The van der Waals surface area contributed by atoms with Crippen LogP contribution in [-0.2, 0) is 14.3 Å². The third-order valence-corrected chi connectivity index (χ3v) is 1.49. The third kappa shape index (κ3) is 11.4. The molecule has 0 radical (unpaired) electrons. The van der Waals surface area contributed by atoms with Gasteiger partial charge in [0.25, 0.3) is 0 Å². The Labute approximate surface area is 78.8 Å². The first-order valence-corrected chi connectivity index (χ1v) is 4.64. The van der Waals surface area contributed by atoms with Crippen molar-refractivity contribution in [2.75, 3.05) is 26.4 Å². The monoisotopic (exact) mass is 190 g/mol. The van der Waals surface area contributed by atoms with Gasteiger partial charge in [0.1, 0.15) is 0 Å². The summed E-state index contributed by atoms with van der Waals surface area (Å²) in [7, 11) is 0. The van der Waals surface area contributed by atoms with E-state index in [0.717, 1.165) is 26.1 Å². The van der Waals surface area contributed by atoms with E-state index in [1.54, 1.807) is 0 Å². The van der Waals surface area contributed by atoms with Crippen molar-refractivity contribution in [2.45, 2.75) is 26.2 Å². The van der Waals surface area contributed by atoms with Crippen molar-refractivity contribution in [3.63, 3.8) is 0 Å². The lowest BCUT2D eigenvalue weighted by molar-refractivity contribution is -0.138. The number of carboxylic acid groups (broad SMARTS) is 1. The maximum atomic E-state index is 10.1. The van der Waals surface area contributed by atoms with Crippen molar-refractivity contribution < 1.29 is 19.4 Å². The molecule has 0 saturated carbocycles. The number of ether oxygens (including phenoxy) is 2. The number of hydrogen-bond acceptors (Lipinski definition) is 3. The minimum atomic E-state index is -0.811. The fourth-order valence-corrected chi connectivity index (χ4v) is 0.814. The van der Waals surface area contributed by atoms with Crippen LogP contribution < -0.4 is 0 Å². The molecule has 0 amide bonds. The summed E-state index contributed by atoms with van der Waals surface area (Å²) < 4.78 is 10.2. The maximum absolute atomic E-state index is 10.1. The topological polar surface area (TPSA) is 55.8 Å². The Bertz CT molecular complexity index is 125. The van der Waals surface area contributed by atoms with Gasteiger partial charge >= 0.3 is 5.97 Å². The van der Waals surface area contributed by atoms with Crippen molar-refractivity contribution in [3.05, 3.63) is 0 Å². The van der Waals surface area contributed by atoms with E-state index in [1.165, 1.54) is 0 Å². The molecule has 0 saturated heterocycles. The molecule has 78 valence electrons. The first-order chi connectivity index (χ1) is 6.27. The molecule has 0 heterocycles. The lowest BCUT2D eigenvalue weighted by Crippen LogP contribution is -2.04. The van der Waals surface area contributed by atoms with Gasteiger partial charge in [0, 0.05) is 19.8 Å². The van der Waals surface area contributed by atoms with Gasteiger partial charge in [-0.3, -0.25) is 4.79 Å². The predicted octanol–water partition coefficient (Wildman–Crippen LogP) is 1.29. The Hall–Kier alpha value is -0.610. The van der Waals surface area contributed by atoms with Crippen molar-refractivity contribution in [3.8, 4) is 0 Å².